The molecular weight excluding hydrogens is 387 g/mol. The number of benzene rings is 3. The van der Waals surface area contributed by atoms with Gasteiger partial charge in [0.25, 0.3) is 5.69 Å². The molecule has 0 radical (unpaired) electrons. The number of rotatable bonds is 9. The summed E-state index contributed by atoms with van der Waals surface area (Å²) in [5.41, 5.74) is 2.25. The first-order valence-corrected chi connectivity index (χ1v) is 9.45. The lowest BCUT2D eigenvalue weighted by Crippen LogP contribution is -2.27. The first kappa shape index (κ1) is 20.9. The topological polar surface area (TPSA) is 80.3 Å². The molecular formula is C22H21FN4O3. The molecule has 0 fully saturated rings. The maximum Gasteiger partial charge on any atom is 0.269 e. The molecule has 0 aliphatic carbocycles. The van der Waals surface area contributed by atoms with E-state index in [4.69, 9.17) is 4.74 Å². The van der Waals surface area contributed by atoms with Crippen LogP contribution in [0.1, 0.15) is 6.92 Å². The molecule has 154 valence electrons. The van der Waals surface area contributed by atoms with E-state index in [0.717, 1.165) is 12.2 Å². The zero-order valence-corrected chi connectivity index (χ0v) is 16.4. The molecule has 0 N–H and O–H groups in total. The van der Waals surface area contributed by atoms with Crippen molar-refractivity contribution >= 4 is 22.7 Å². The van der Waals surface area contributed by atoms with E-state index in [2.05, 4.69) is 22.1 Å². The van der Waals surface area contributed by atoms with E-state index in [0.29, 0.717) is 30.3 Å². The SMILES string of the molecule is CCN(CCOc1ccc(F)cc1)c1ccc(N=Nc2ccc([N+](=O)[O-])cc2)cc1. The Hall–Kier alpha value is -3.81. The van der Waals surface area contributed by atoms with Crippen LogP contribution in [0, 0.1) is 15.9 Å². The summed E-state index contributed by atoms with van der Waals surface area (Å²) >= 11 is 0. The number of anilines is 1. The van der Waals surface area contributed by atoms with Crippen molar-refractivity contribution in [2.24, 2.45) is 10.2 Å². The number of likely N-dealkylation sites (N-methyl/N-ethyl adjacent to an activating group) is 1. The van der Waals surface area contributed by atoms with Gasteiger partial charge in [0.05, 0.1) is 22.8 Å². The highest BCUT2D eigenvalue weighted by Gasteiger charge is 2.06. The summed E-state index contributed by atoms with van der Waals surface area (Å²) in [6.45, 7) is 4.01. The first-order chi connectivity index (χ1) is 14.5. The van der Waals surface area contributed by atoms with Crippen LogP contribution >= 0.6 is 0 Å². The fourth-order valence-corrected chi connectivity index (χ4v) is 2.76. The maximum absolute atomic E-state index is 12.9. The zero-order valence-electron chi connectivity index (χ0n) is 16.4. The summed E-state index contributed by atoms with van der Waals surface area (Å²) in [5, 5.41) is 19.0. The molecule has 7 nitrogen and oxygen atoms in total. The summed E-state index contributed by atoms with van der Waals surface area (Å²) in [7, 11) is 0. The Kier molecular flexibility index (Phi) is 7.05. The van der Waals surface area contributed by atoms with Crippen molar-refractivity contribution < 1.29 is 14.1 Å². The van der Waals surface area contributed by atoms with Crippen molar-refractivity contribution in [3.63, 3.8) is 0 Å². The summed E-state index contributed by atoms with van der Waals surface area (Å²) < 4.78 is 18.6. The number of nitrogens with zero attached hydrogens (tertiary/aromatic N) is 4. The summed E-state index contributed by atoms with van der Waals surface area (Å²) in [6.07, 6.45) is 0. The highest BCUT2D eigenvalue weighted by Crippen LogP contribution is 2.23. The Labute approximate surface area is 173 Å². The van der Waals surface area contributed by atoms with Crippen molar-refractivity contribution in [1.82, 2.24) is 0 Å². The van der Waals surface area contributed by atoms with Gasteiger partial charge in [0.1, 0.15) is 18.2 Å². The largest absolute Gasteiger partial charge is 0.492 e. The quantitative estimate of drug-likeness (QED) is 0.245. The highest BCUT2D eigenvalue weighted by atomic mass is 19.1. The molecule has 0 aliphatic heterocycles. The molecule has 0 bridgehead atoms. The highest BCUT2D eigenvalue weighted by molar-refractivity contribution is 5.53. The van der Waals surface area contributed by atoms with Crippen LogP contribution < -0.4 is 9.64 Å². The molecule has 0 saturated carbocycles. The van der Waals surface area contributed by atoms with Crippen LogP contribution in [0.2, 0.25) is 0 Å². The van der Waals surface area contributed by atoms with Gasteiger partial charge in [-0.25, -0.2) is 4.39 Å². The van der Waals surface area contributed by atoms with Crippen molar-refractivity contribution in [2.45, 2.75) is 6.92 Å². The van der Waals surface area contributed by atoms with E-state index in [1.54, 1.807) is 24.3 Å². The molecule has 30 heavy (non-hydrogen) atoms. The number of nitro groups is 1. The van der Waals surface area contributed by atoms with E-state index in [-0.39, 0.29) is 11.5 Å². The van der Waals surface area contributed by atoms with Crippen LogP contribution in [0.4, 0.5) is 27.1 Å². The van der Waals surface area contributed by atoms with Gasteiger partial charge in [0.15, 0.2) is 0 Å². The molecule has 3 rings (SSSR count). The Balaban J connectivity index is 1.56. The third-order valence-electron chi connectivity index (χ3n) is 4.38. The number of halogens is 1. The van der Waals surface area contributed by atoms with Gasteiger partial charge < -0.3 is 9.64 Å². The molecule has 0 spiro atoms. The molecule has 3 aromatic carbocycles. The second-order valence-electron chi connectivity index (χ2n) is 6.37. The van der Waals surface area contributed by atoms with E-state index in [1.807, 2.05) is 24.3 Å². The maximum atomic E-state index is 12.9. The van der Waals surface area contributed by atoms with E-state index in [9.17, 15) is 14.5 Å². The predicted octanol–water partition coefficient (Wildman–Crippen LogP) is 6.05. The summed E-state index contributed by atoms with van der Waals surface area (Å²) in [4.78, 5) is 12.4. The molecule has 8 heteroatoms. The van der Waals surface area contributed by atoms with Crippen LogP contribution in [-0.4, -0.2) is 24.6 Å². The van der Waals surface area contributed by atoms with Crippen molar-refractivity contribution in [3.8, 4) is 5.75 Å². The summed E-state index contributed by atoms with van der Waals surface area (Å²) in [6, 6.07) is 19.5. The Bertz CT molecular complexity index is 990. The monoisotopic (exact) mass is 408 g/mol. The predicted molar refractivity (Wildman–Crippen MR) is 113 cm³/mol. The third-order valence-corrected chi connectivity index (χ3v) is 4.38. The standard InChI is InChI=1S/C22H21FN4O3/c1-2-26(15-16-30-22-13-3-17(23)4-14-22)20-9-5-18(6-10-20)24-25-19-7-11-21(12-8-19)27(28)29/h3-14H,2,15-16H2,1H3. The molecule has 0 atom stereocenters. The Morgan fingerprint density at radius 2 is 1.50 bits per heavy atom. The van der Waals surface area contributed by atoms with Gasteiger partial charge in [0, 0.05) is 24.4 Å². The van der Waals surface area contributed by atoms with Crippen molar-refractivity contribution in [1.29, 1.82) is 0 Å². The van der Waals surface area contributed by atoms with Crippen LogP contribution in [0.3, 0.4) is 0 Å². The lowest BCUT2D eigenvalue weighted by atomic mass is 10.2. The van der Waals surface area contributed by atoms with Crippen molar-refractivity contribution in [3.05, 3.63) is 88.7 Å². The fraction of sp³-hybridized carbons (Fsp3) is 0.182. The van der Waals surface area contributed by atoms with E-state index < -0.39 is 4.92 Å². The molecule has 0 amide bonds. The fourth-order valence-electron chi connectivity index (χ4n) is 2.76. The average Bonchev–Trinajstić information content (AvgIpc) is 2.77. The van der Waals surface area contributed by atoms with Gasteiger partial charge in [-0.3, -0.25) is 10.1 Å². The zero-order chi connectivity index (χ0) is 21.3. The molecule has 0 heterocycles. The Morgan fingerprint density at radius 3 is 2.03 bits per heavy atom. The first-order valence-electron chi connectivity index (χ1n) is 9.45. The van der Waals surface area contributed by atoms with Crippen LogP contribution in [0.25, 0.3) is 0 Å². The molecule has 0 unspecified atom stereocenters. The molecule has 0 saturated heterocycles. The molecule has 0 aromatic heterocycles. The van der Waals surface area contributed by atoms with Gasteiger partial charge in [0.2, 0.25) is 0 Å². The van der Waals surface area contributed by atoms with Gasteiger partial charge in [-0.1, -0.05) is 0 Å². The smallest absolute Gasteiger partial charge is 0.269 e. The lowest BCUT2D eigenvalue weighted by Gasteiger charge is -2.23. The number of hydrogen-bond donors (Lipinski definition) is 0. The van der Waals surface area contributed by atoms with E-state index in [1.165, 1.54) is 24.3 Å². The normalized spacial score (nSPS) is 10.9. The number of azo groups is 1. The minimum absolute atomic E-state index is 0.0152. The second-order valence-corrected chi connectivity index (χ2v) is 6.37. The lowest BCUT2D eigenvalue weighted by molar-refractivity contribution is -0.384. The Morgan fingerprint density at radius 1 is 0.933 bits per heavy atom. The molecule has 3 aromatic rings. The van der Waals surface area contributed by atoms with Gasteiger partial charge in [-0.15, -0.1) is 0 Å². The number of non-ortho nitro benzene ring substituents is 1. The minimum Gasteiger partial charge on any atom is -0.492 e. The number of nitro benzene ring substituents is 1. The van der Waals surface area contributed by atoms with Gasteiger partial charge >= 0.3 is 0 Å². The van der Waals surface area contributed by atoms with Crippen LogP contribution in [0.5, 0.6) is 5.75 Å². The average molecular weight is 408 g/mol. The van der Waals surface area contributed by atoms with E-state index >= 15 is 0 Å². The number of ether oxygens (including phenoxy) is 1. The number of hydrogen-bond acceptors (Lipinski definition) is 6. The minimum atomic E-state index is -0.455. The van der Waals surface area contributed by atoms with Gasteiger partial charge in [-0.2, -0.15) is 10.2 Å². The van der Waals surface area contributed by atoms with Gasteiger partial charge in [-0.05, 0) is 67.6 Å². The van der Waals surface area contributed by atoms with Crippen LogP contribution in [-0.2, 0) is 0 Å². The third kappa shape index (κ3) is 5.84. The summed E-state index contributed by atoms with van der Waals surface area (Å²) in [5.74, 6) is 0.345. The van der Waals surface area contributed by atoms with Crippen molar-refractivity contribution in [2.75, 3.05) is 24.6 Å². The molecule has 0 aliphatic rings. The second kappa shape index (κ2) is 10.1. The van der Waals surface area contributed by atoms with Crippen LogP contribution in [0.15, 0.2) is 83.0 Å².